The van der Waals surface area contributed by atoms with E-state index < -0.39 is 16.7 Å². The number of hydrogen-bond acceptors (Lipinski definition) is 5. The summed E-state index contributed by atoms with van der Waals surface area (Å²) < 4.78 is 1.02. The number of rotatable bonds is 4. The van der Waals surface area contributed by atoms with Gasteiger partial charge in [-0.2, -0.15) is 0 Å². The van der Waals surface area contributed by atoms with Gasteiger partial charge in [-0.1, -0.05) is 42.5 Å². The molecule has 0 saturated carbocycles. The molecule has 1 aromatic heterocycles. The molecular weight excluding hydrogens is 398 g/mol. The Balaban J connectivity index is 1.76. The Bertz CT molecular complexity index is 1220. The molecule has 1 fully saturated rings. The highest BCUT2D eigenvalue weighted by atomic mass is 32.2. The quantitative estimate of drug-likeness (QED) is 0.754. The Morgan fingerprint density at radius 3 is 2.73 bits per heavy atom. The molecule has 6 nitrogen and oxygen atoms in total. The zero-order chi connectivity index (χ0) is 21.3. The highest BCUT2D eigenvalue weighted by Gasteiger charge is 2.30. The first kappa shape index (κ1) is 20.3. The van der Waals surface area contributed by atoms with Gasteiger partial charge in [0.05, 0.1) is 15.3 Å². The van der Waals surface area contributed by atoms with Gasteiger partial charge < -0.3 is 0 Å². The van der Waals surface area contributed by atoms with Crippen molar-refractivity contribution in [3.05, 3.63) is 74.8 Å². The topological polar surface area (TPSA) is 81.1 Å². The number of hydrogen-bond donors (Lipinski definition) is 1. The highest BCUT2D eigenvalue weighted by Crippen LogP contribution is 2.31. The van der Waals surface area contributed by atoms with Gasteiger partial charge in [-0.15, -0.1) is 11.8 Å². The lowest BCUT2D eigenvalue weighted by molar-refractivity contribution is -0.135. The maximum Gasteiger partial charge on any atom is 0.261 e. The second-order valence-corrected chi connectivity index (χ2v) is 9.19. The van der Waals surface area contributed by atoms with Crippen LogP contribution in [0.4, 0.5) is 0 Å². The average Bonchev–Trinajstić information content (AvgIpc) is 2.88. The lowest BCUT2D eigenvalue weighted by atomic mass is 10.1. The fourth-order valence-corrected chi connectivity index (χ4v) is 4.85. The normalized spacial score (nSPS) is 23.1. The molecule has 2 aromatic rings. The summed E-state index contributed by atoms with van der Waals surface area (Å²) in [4.78, 5) is 41.9. The molecular formula is C23H23N3O3S. The van der Waals surface area contributed by atoms with Gasteiger partial charge in [-0.05, 0) is 38.0 Å². The van der Waals surface area contributed by atoms with Crippen LogP contribution in [0.15, 0.2) is 47.3 Å². The number of piperidine rings is 1. The number of fused-ring (bicyclic) bond motifs is 1. The molecule has 2 aliphatic rings. The molecule has 1 N–H and O–H groups in total. The summed E-state index contributed by atoms with van der Waals surface area (Å²) in [6.45, 7) is 3.78. The van der Waals surface area contributed by atoms with Crippen molar-refractivity contribution in [1.82, 2.24) is 14.9 Å². The fraction of sp³-hybridized carbons (Fsp3) is 0.304. The van der Waals surface area contributed by atoms with Crippen LogP contribution in [0.5, 0.6) is 0 Å². The Morgan fingerprint density at radius 1 is 1.23 bits per heavy atom. The largest absolute Gasteiger partial charge is 0.295 e. The SMILES string of the molecule is Cc1nc2c(c(=O)n1C1CCC(=O)NC1=O)=CC(C)(SCc1ccccc1)C=CC=2. The van der Waals surface area contributed by atoms with Crippen LogP contribution in [0.3, 0.4) is 0 Å². The number of amides is 2. The van der Waals surface area contributed by atoms with Crippen LogP contribution in [0, 0.1) is 6.92 Å². The van der Waals surface area contributed by atoms with E-state index in [1.807, 2.05) is 36.4 Å². The van der Waals surface area contributed by atoms with E-state index in [1.54, 1.807) is 18.7 Å². The van der Waals surface area contributed by atoms with Gasteiger partial charge in [0.25, 0.3) is 5.56 Å². The Morgan fingerprint density at radius 2 is 2.00 bits per heavy atom. The van der Waals surface area contributed by atoms with Crippen molar-refractivity contribution in [2.45, 2.75) is 43.2 Å². The second kappa shape index (κ2) is 8.07. The van der Waals surface area contributed by atoms with Crippen molar-refractivity contribution in [2.24, 2.45) is 0 Å². The monoisotopic (exact) mass is 421 g/mol. The number of benzene rings is 1. The molecule has 30 heavy (non-hydrogen) atoms. The fourth-order valence-electron chi connectivity index (χ4n) is 3.80. The summed E-state index contributed by atoms with van der Waals surface area (Å²) in [5.41, 5.74) is 0.959. The molecule has 1 aliphatic carbocycles. The van der Waals surface area contributed by atoms with E-state index in [0.29, 0.717) is 22.8 Å². The number of nitrogens with one attached hydrogen (secondary N) is 1. The summed E-state index contributed by atoms with van der Waals surface area (Å²) in [7, 11) is 0. The van der Waals surface area contributed by atoms with Crippen molar-refractivity contribution in [3.63, 3.8) is 0 Å². The Labute approximate surface area is 178 Å². The van der Waals surface area contributed by atoms with Crippen molar-refractivity contribution in [1.29, 1.82) is 0 Å². The number of carbonyl (C=O) groups is 2. The van der Waals surface area contributed by atoms with E-state index in [9.17, 15) is 14.4 Å². The van der Waals surface area contributed by atoms with Crippen LogP contribution in [0.25, 0.3) is 12.2 Å². The van der Waals surface area contributed by atoms with E-state index in [1.165, 1.54) is 10.1 Å². The molecule has 0 bridgehead atoms. The maximum absolute atomic E-state index is 13.4. The summed E-state index contributed by atoms with van der Waals surface area (Å²) in [6.07, 6.45) is 8.28. The molecule has 1 saturated heterocycles. The maximum atomic E-state index is 13.4. The minimum absolute atomic E-state index is 0.210. The molecule has 4 rings (SSSR count). The number of imide groups is 1. The van der Waals surface area contributed by atoms with Crippen LogP contribution in [0.1, 0.15) is 37.2 Å². The molecule has 1 aliphatic heterocycles. The standard InChI is InChI=1S/C23H23N3O3S/c1-15-24-18-9-6-12-23(2,30-14-16-7-4-3-5-8-16)13-17(18)22(29)26(15)19-10-11-20(27)25-21(19)28/h3-9,12-13,19H,10-11,14H2,1-2H3,(H,25,27,28). The van der Waals surface area contributed by atoms with E-state index in [-0.39, 0.29) is 17.9 Å². The van der Waals surface area contributed by atoms with E-state index >= 15 is 0 Å². The first-order valence-electron chi connectivity index (χ1n) is 9.89. The van der Waals surface area contributed by atoms with Crippen molar-refractivity contribution < 1.29 is 9.59 Å². The number of aryl methyl sites for hydroxylation is 1. The smallest absolute Gasteiger partial charge is 0.261 e. The van der Waals surface area contributed by atoms with Crippen LogP contribution < -0.4 is 21.4 Å². The Hall–Kier alpha value is -2.93. The van der Waals surface area contributed by atoms with E-state index in [4.69, 9.17) is 0 Å². The summed E-state index contributed by atoms with van der Waals surface area (Å²) in [5, 5.41) is 3.41. The zero-order valence-electron chi connectivity index (χ0n) is 16.9. The third kappa shape index (κ3) is 4.03. The van der Waals surface area contributed by atoms with Crippen LogP contribution in [-0.4, -0.2) is 26.1 Å². The van der Waals surface area contributed by atoms with Gasteiger partial charge >= 0.3 is 0 Å². The minimum atomic E-state index is -0.721. The second-order valence-electron chi connectivity index (χ2n) is 7.73. The van der Waals surface area contributed by atoms with Gasteiger partial charge in [0.15, 0.2) is 0 Å². The predicted octanol–water partition coefficient (Wildman–Crippen LogP) is 1.35. The van der Waals surface area contributed by atoms with Gasteiger partial charge in [0.2, 0.25) is 11.8 Å². The van der Waals surface area contributed by atoms with E-state index in [2.05, 4.69) is 35.4 Å². The first-order valence-corrected chi connectivity index (χ1v) is 10.9. The first-order chi connectivity index (χ1) is 14.4. The molecule has 7 heteroatoms. The molecule has 1 aromatic carbocycles. The highest BCUT2D eigenvalue weighted by molar-refractivity contribution is 8.00. The van der Waals surface area contributed by atoms with Crippen LogP contribution in [-0.2, 0) is 15.3 Å². The van der Waals surface area contributed by atoms with Gasteiger partial charge in [-0.3, -0.25) is 24.3 Å². The van der Waals surface area contributed by atoms with E-state index in [0.717, 1.165) is 5.75 Å². The lowest BCUT2D eigenvalue weighted by Gasteiger charge is -2.24. The number of nitrogens with zero attached hydrogens (tertiary/aromatic N) is 2. The van der Waals surface area contributed by atoms with Gasteiger partial charge in [0, 0.05) is 12.2 Å². The van der Waals surface area contributed by atoms with Gasteiger partial charge in [-0.25, -0.2) is 4.98 Å². The predicted molar refractivity (Wildman–Crippen MR) is 118 cm³/mol. The molecule has 2 heterocycles. The molecule has 2 amide bonds. The lowest BCUT2D eigenvalue weighted by Crippen LogP contribution is -2.53. The summed E-state index contributed by atoms with van der Waals surface area (Å²) in [5.74, 6) is 0.509. The van der Waals surface area contributed by atoms with Gasteiger partial charge in [0.1, 0.15) is 11.9 Å². The number of allylic oxidation sites excluding steroid dienone is 1. The van der Waals surface area contributed by atoms with Crippen molar-refractivity contribution >= 4 is 35.7 Å². The van der Waals surface area contributed by atoms with Crippen molar-refractivity contribution in [2.75, 3.05) is 0 Å². The zero-order valence-corrected chi connectivity index (χ0v) is 17.7. The minimum Gasteiger partial charge on any atom is -0.295 e. The molecule has 0 spiro atoms. The van der Waals surface area contributed by atoms with Crippen LogP contribution >= 0.6 is 11.8 Å². The third-order valence-electron chi connectivity index (χ3n) is 5.38. The third-order valence-corrected chi connectivity index (χ3v) is 6.74. The number of aromatic nitrogens is 2. The number of thioether (sulfide) groups is 1. The van der Waals surface area contributed by atoms with Crippen LogP contribution in [0.2, 0.25) is 0 Å². The molecule has 0 radical (unpaired) electrons. The Kier molecular flexibility index (Phi) is 5.47. The average molecular weight is 422 g/mol. The molecule has 2 unspecified atom stereocenters. The number of carbonyl (C=O) groups excluding carboxylic acids is 2. The summed E-state index contributed by atoms with van der Waals surface area (Å²) in [6, 6.07) is 9.46. The van der Waals surface area contributed by atoms with Crippen molar-refractivity contribution in [3.8, 4) is 0 Å². The molecule has 2 atom stereocenters. The summed E-state index contributed by atoms with van der Waals surface area (Å²) >= 11 is 1.72. The molecule has 154 valence electrons.